The van der Waals surface area contributed by atoms with Crippen LogP contribution in [0.5, 0.6) is 0 Å². The number of hydrogen-bond donors (Lipinski definition) is 1. The fourth-order valence-electron chi connectivity index (χ4n) is 2.91. The van der Waals surface area contributed by atoms with Gasteiger partial charge in [-0.1, -0.05) is 6.92 Å². The largest absolute Gasteiger partial charge is 0.312 e. The van der Waals surface area contributed by atoms with E-state index < -0.39 is 0 Å². The van der Waals surface area contributed by atoms with E-state index in [1.165, 1.54) is 52.0 Å². The Bertz CT molecular complexity index is 226. The summed E-state index contributed by atoms with van der Waals surface area (Å²) < 4.78 is 0. The first-order valence-corrected chi connectivity index (χ1v) is 7.36. The normalized spacial score (nSPS) is 29.5. The quantitative estimate of drug-likeness (QED) is 0.756. The maximum atomic E-state index is 3.76. The SMILES string of the molecule is CCCNC(CN1CCN(C)CC1C)C1CC1. The van der Waals surface area contributed by atoms with Crippen LogP contribution in [-0.2, 0) is 0 Å². The summed E-state index contributed by atoms with van der Waals surface area (Å²) in [7, 11) is 2.24. The van der Waals surface area contributed by atoms with Crippen LogP contribution in [0.2, 0.25) is 0 Å². The Hall–Kier alpha value is -0.120. The van der Waals surface area contributed by atoms with Crippen molar-refractivity contribution in [1.29, 1.82) is 0 Å². The maximum absolute atomic E-state index is 3.76. The van der Waals surface area contributed by atoms with Gasteiger partial charge in [0.2, 0.25) is 0 Å². The van der Waals surface area contributed by atoms with Crippen LogP contribution in [0.15, 0.2) is 0 Å². The standard InChI is InChI=1S/C14H29N3/c1-4-7-15-14(13-5-6-13)11-17-9-8-16(3)10-12(17)2/h12-15H,4-11H2,1-3H3. The van der Waals surface area contributed by atoms with Crippen LogP contribution in [0.4, 0.5) is 0 Å². The van der Waals surface area contributed by atoms with Crippen molar-refractivity contribution in [3.8, 4) is 0 Å². The Morgan fingerprint density at radius 3 is 2.65 bits per heavy atom. The second kappa shape index (κ2) is 6.17. The molecule has 2 rings (SSSR count). The van der Waals surface area contributed by atoms with Crippen LogP contribution in [0, 0.1) is 5.92 Å². The molecule has 2 atom stereocenters. The lowest BCUT2D eigenvalue weighted by Crippen LogP contribution is -2.54. The minimum Gasteiger partial charge on any atom is -0.312 e. The summed E-state index contributed by atoms with van der Waals surface area (Å²) in [5.74, 6) is 0.966. The number of likely N-dealkylation sites (N-methyl/N-ethyl adjacent to an activating group) is 1. The molecule has 0 bridgehead atoms. The number of nitrogens with zero attached hydrogens (tertiary/aromatic N) is 2. The third-order valence-electron chi connectivity index (χ3n) is 4.25. The molecule has 0 radical (unpaired) electrons. The third-order valence-corrected chi connectivity index (χ3v) is 4.25. The summed E-state index contributed by atoms with van der Waals surface area (Å²) in [5, 5.41) is 3.76. The number of nitrogens with one attached hydrogen (secondary N) is 1. The molecule has 1 heterocycles. The van der Waals surface area contributed by atoms with E-state index in [1.807, 2.05) is 0 Å². The molecule has 3 nitrogen and oxygen atoms in total. The molecule has 17 heavy (non-hydrogen) atoms. The zero-order valence-corrected chi connectivity index (χ0v) is 11.8. The van der Waals surface area contributed by atoms with Crippen LogP contribution in [0.25, 0.3) is 0 Å². The van der Waals surface area contributed by atoms with E-state index in [4.69, 9.17) is 0 Å². The lowest BCUT2D eigenvalue weighted by molar-refractivity contribution is 0.0877. The molecule has 0 amide bonds. The second-order valence-corrected chi connectivity index (χ2v) is 6.00. The molecule has 2 fully saturated rings. The van der Waals surface area contributed by atoms with Gasteiger partial charge in [-0.05, 0) is 45.7 Å². The molecule has 1 aliphatic heterocycles. The Labute approximate surface area is 107 Å². The van der Waals surface area contributed by atoms with Crippen LogP contribution in [-0.4, -0.2) is 61.7 Å². The minimum absolute atomic E-state index is 0.721. The summed E-state index contributed by atoms with van der Waals surface area (Å²) in [4.78, 5) is 5.14. The fourth-order valence-corrected chi connectivity index (χ4v) is 2.91. The van der Waals surface area contributed by atoms with Gasteiger partial charge in [-0.2, -0.15) is 0 Å². The van der Waals surface area contributed by atoms with Crippen LogP contribution < -0.4 is 5.32 Å². The molecule has 100 valence electrons. The third kappa shape index (κ3) is 3.94. The molecule has 0 aromatic heterocycles. The Morgan fingerprint density at radius 1 is 1.29 bits per heavy atom. The highest BCUT2D eigenvalue weighted by atomic mass is 15.3. The molecule has 1 saturated carbocycles. The predicted octanol–water partition coefficient (Wildman–Crippen LogP) is 1.40. The van der Waals surface area contributed by atoms with E-state index >= 15 is 0 Å². The van der Waals surface area contributed by atoms with E-state index in [2.05, 4.69) is 36.0 Å². The van der Waals surface area contributed by atoms with Crippen molar-refractivity contribution < 1.29 is 0 Å². The zero-order valence-electron chi connectivity index (χ0n) is 11.8. The van der Waals surface area contributed by atoms with Crippen molar-refractivity contribution in [1.82, 2.24) is 15.1 Å². The van der Waals surface area contributed by atoms with Gasteiger partial charge in [0.25, 0.3) is 0 Å². The van der Waals surface area contributed by atoms with E-state index in [0.717, 1.165) is 18.0 Å². The van der Waals surface area contributed by atoms with Crippen molar-refractivity contribution >= 4 is 0 Å². The molecule has 1 aliphatic carbocycles. The number of rotatable bonds is 6. The molecule has 0 spiro atoms. The van der Waals surface area contributed by atoms with Gasteiger partial charge in [-0.3, -0.25) is 4.90 Å². The zero-order chi connectivity index (χ0) is 12.3. The van der Waals surface area contributed by atoms with Crippen LogP contribution in [0.3, 0.4) is 0 Å². The topological polar surface area (TPSA) is 18.5 Å². The highest BCUT2D eigenvalue weighted by Crippen LogP contribution is 2.33. The molecule has 0 aromatic rings. The van der Waals surface area contributed by atoms with E-state index in [1.54, 1.807) is 0 Å². The minimum atomic E-state index is 0.721. The smallest absolute Gasteiger partial charge is 0.0223 e. The van der Waals surface area contributed by atoms with Gasteiger partial charge in [0.1, 0.15) is 0 Å². The van der Waals surface area contributed by atoms with Gasteiger partial charge in [-0.15, -0.1) is 0 Å². The van der Waals surface area contributed by atoms with Crippen molar-refractivity contribution in [3.05, 3.63) is 0 Å². The molecule has 2 aliphatic rings. The van der Waals surface area contributed by atoms with Gasteiger partial charge in [-0.25, -0.2) is 0 Å². The summed E-state index contributed by atoms with van der Waals surface area (Å²) in [6, 6.07) is 1.47. The predicted molar refractivity (Wildman–Crippen MR) is 73.3 cm³/mol. The average molecular weight is 239 g/mol. The number of hydrogen-bond acceptors (Lipinski definition) is 3. The summed E-state index contributed by atoms with van der Waals surface area (Å²) >= 11 is 0. The van der Waals surface area contributed by atoms with Gasteiger partial charge in [0, 0.05) is 38.3 Å². The lowest BCUT2D eigenvalue weighted by atomic mass is 10.1. The van der Waals surface area contributed by atoms with E-state index in [9.17, 15) is 0 Å². The van der Waals surface area contributed by atoms with Crippen LogP contribution >= 0.6 is 0 Å². The van der Waals surface area contributed by atoms with Gasteiger partial charge >= 0.3 is 0 Å². The fraction of sp³-hybridized carbons (Fsp3) is 1.00. The summed E-state index contributed by atoms with van der Waals surface area (Å²) in [6.07, 6.45) is 4.15. The Kier molecular flexibility index (Phi) is 4.83. The highest BCUT2D eigenvalue weighted by molar-refractivity contribution is 4.90. The lowest BCUT2D eigenvalue weighted by Gasteiger charge is -2.40. The summed E-state index contributed by atoms with van der Waals surface area (Å²) in [6.45, 7) is 10.8. The summed E-state index contributed by atoms with van der Waals surface area (Å²) in [5.41, 5.74) is 0. The van der Waals surface area contributed by atoms with Gasteiger partial charge in [0.15, 0.2) is 0 Å². The number of piperazine rings is 1. The first kappa shape index (κ1) is 13.3. The molecular formula is C14H29N3. The van der Waals surface area contributed by atoms with E-state index in [-0.39, 0.29) is 0 Å². The van der Waals surface area contributed by atoms with Gasteiger partial charge in [0.05, 0.1) is 0 Å². The molecule has 2 unspecified atom stereocenters. The first-order chi connectivity index (χ1) is 8.20. The van der Waals surface area contributed by atoms with Gasteiger partial charge < -0.3 is 10.2 Å². The molecule has 1 N–H and O–H groups in total. The molecular weight excluding hydrogens is 210 g/mol. The van der Waals surface area contributed by atoms with Crippen LogP contribution in [0.1, 0.15) is 33.1 Å². The van der Waals surface area contributed by atoms with E-state index in [0.29, 0.717) is 0 Å². The highest BCUT2D eigenvalue weighted by Gasteiger charge is 2.33. The Balaban J connectivity index is 1.80. The molecule has 0 aromatic carbocycles. The average Bonchev–Trinajstić information content (AvgIpc) is 3.11. The van der Waals surface area contributed by atoms with Crippen molar-refractivity contribution in [3.63, 3.8) is 0 Å². The second-order valence-electron chi connectivity index (χ2n) is 6.00. The van der Waals surface area contributed by atoms with Crippen molar-refractivity contribution in [2.24, 2.45) is 5.92 Å². The Morgan fingerprint density at radius 2 is 2.06 bits per heavy atom. The maximum Gasteiger partial charge on any atom is 0.0223 e. The molecule has 1 saturated heterocycles. The van der Waals surface area contributed by atoms with Crippen molar-refractivity contribution in [2.75, 3.05) is 39.8 Å². The van der Waals surface area contributed by atoms with Crippen molar-refractivity contribution in [2.45, 2.75) is 45.2 Å². The monoisotopic (exact) mass is 239 g/mol. The first-order valence-electron chi connectivity index (χ1n) is 7.36. The molecule has 3 heteroatoms.